The van der Waals surface area contributed by atoms with Gasteiger partial charge in [-0.25, -0.2) is 9.18 Å². The van der Waals surface area contributed by atoms with Crippen LogP contribution in [0.15, 0.2) is 22.7 Å². The molecule has 6 heteroatoms. The Morgan fingerprint density at radius 3 is 2.71 bits per heavy atom. The zero-order valence-electron chi connectivity index (χ0n) is 8.79. The number of rotatable bonds is 2. The minimum absolute atomic E-state index is 0.0305. The van der Waals surface area contributed by atoms with Crippen molar-refractivity contribution in [3.05, 3.63) is 39.7 Å². The number of carboxylic acid groups (broad SMARTS) is 1. The minimum atomic E-state index is -1.10. The van der Waals surface area contributed by atoms with Crippen LogP contribution in [0.5, 0.6) is 0 Å². The number of H-pyrrole nitrogens is 1. The zero-order chi connectivity index (χ0) is 12.6. The third kappa shape index (κ3) is 2.21. The molecule has 0 bridgehead atoms. The summed E-state index contributed by atoms with van der Waals surface area (Å²) in [7, 11) is 0. The Labute approximate surface area is 105 Å². The minimum Gasteiger partial charge on any atom is -0.477 e. The maximum atomic E-state index is 13.5. The Kier molecular flexibility index (Phi) is 2.97. The molecule has 2 rings (SSSR count). The maximum Gasteiger partial charge on any atom is 0.353 e. The number of aromatic amines is 1. The number of hydrogen-bond donors (Lipinski definition) is 2. The molecular weight excluding hydrogens is 291 g/mol. The number of hydrogen-bond acceptors (Lipinski definition) is 2. The Bertz CT molecular complexity index is 572. The predicted octanol–water partition coefficient (Wildman–Crippen LogP) is 2.98. The fourth-order valence-electron chi connectivity index (χ4n) is 1.37. The van der Waals surface area contributed by atoms with Gasteiger partial charge in [0.1, 0.15) is 11.5 Å². The van der Waals surface area contributed by atoms with Gasteiger partial charge in [0, 0.05) is 10.0 Å². The van der Waals surface area contributed by atoms with Crippen molar-refractivity contribution in [2.24, 2.45) is 0 Å². The van der Waals surface area contributed by atoms with Gasteiger partial charge in [0.25, 0.3) is 0 Å². The van der Waals surface area contributed by atoms with Crippen LogP contribution in [0.1, 0.15) is 16.1 Å². The highest BCUT2D eigenvalue weighted by atomic mass is 79.9. The molecule has 0 amide bonds. The summed E-state index contributed by atoms with van der Waals surface area (Å²) in [5.41, 5.74) is 1.38. The Morgan fingerprint density at radius 1 is 1.47 bits per heavy atom. The normalized spacial score (nSPS) is 10.5. The molecule has 1 aromatic carbocycles. The van der Waals surface area contributed by atoms with E-state index in [1.807, 2.05) is 0 Å². The average Bonchev–Trinajstić information content (AvgIpc) is 2.74. The average molecular weight is 299 g/mol. The van der Waals surface area contributed by atoms with E-state index >= 15 is 0 Å². The molecule has 0 aliphatic rings. The van der Waals surface area contributed by atoms with Crippen LogP contribution in [0.4, 0.5) is 4.39 Å². The molecule has 0 saturated carbocycles. The Morgan fingerprint density at radius 2 is 2.18 bits per heavy atom. The van der Waals surface area contributed by atoms with Gasteiger partial charge in [-0.2, -0.15) is 5.10 Å². The summed E-state index contributed by atoms with van der Waals surface area (Å²) in [4.78, 5) is 10.7. The molecule has 4 nitrogen and oxygen atoms in total. The molecule has 1 heterocycles. The van der Waals surface area contributed by atoms with E-state index in [2.05, 4.69) is 26.1 Å². The van der Waals surface area contributed by atoms with Gasteiger partial charge >= 0.3 is 5.97 Å². The first-order valence-electron chi connectivity index (χ1n) is 4.73. The van der Waals surface area contributed by atoms with Crippen LogP contribution >= 0.6 is 15.9 Å². The molecule has 0 spiro atoms. The van der Waals surface area contributed by atoms with Gasteiger partial charge in [-0.05, 0) is 30.7 Å². The van der Waals surface area contributed by atoms with Crippen LogP contribution in [0.2, 0.25) is 0 Å². The highest BCUT2D eigenvalue weighted by molar-refractivity contribution is 9.10. The van der Waals surface area contributed by atoms with E-state index in [4.69, 9.17) is 5.11 Å². The summed E-state index contributed by atoms with van der Waals surface area (Å²) in [5.74, 6) is -1.47. The number of aromatic nitrogens is 2. The lowest BCUT2D eigenvalue weighted by Gasteiger charge is -2.03. The number of halogens is 2. The first-order chi connectivity index (χ1) is 7.99. The quantitative estimate of drug-likeness (QED) is 0.896. The van der Waals surface area contributed by atoms with Crippen LogP contribution in [-0.4, -0.2) is 21.3 Å². The predicted molar refractivity (Wildman–Crippen MR) is 63.4 cm³/mol. The second-order valence-corrected chi connectivity index (χ2v) is 4.39. The third-order valence-corrected chi connectivity index (χ3v) is 3.21. The van der Waals surface area contributed by atoms with Gasteiger partial charge < -0.3 is 5.11 Å². The molecule has 2 aromatic rings. The molecule has 2 N–H and O–H groups in total. The summed E-state index contributed by atoms with van der Waals surface area (Å²) in [5, 5.41) is 14.9. The summed E-state index contributed by atoms with van der Waals surface area (Å²) < 4.78 is 14.1. The number of nitrogens with zero attached hydrogens (tertiary/aromatic N) is 1. The molecule has 0 fully saturated rings. The number of aromatic carboxylic acids is 1. The van der Waals surface area contributed by atoms with Gasteiger partial charge in [0.05, 0.1) is 5.69 Å². The summed E-state index contributed by atoms with van der Waals surface area (Å²) in [6, 6.07) is 4.38. The second kappa shape index (κ2) is 4.29. The van der Waals surface area contributed by atoms with Gasteiger partial charge in [-0.15, -0.1) is 0 Å². The van der Waals surface area contributed by atoms with E-state index in [0.29, 0.717) is 21.3 Å². The fourth-order valence-corrected chi connectivity index (χ4v) is 1.81. The van der Waals surface area contributed by atoms with Crippen molar-refractivity contribution in [2.75, 3.05) is 0 Å². The highest BCUT2D eigenvalue weighted by Crippen LogP contribution is 2.27. The van der Waals surface area contributed by atoms with E-state index in [1.54, 1.807) is 13.0 Å². The Balaban J connectivity index is 2.49. The molecule has 88 valence electrons. The number of carbonyl (C=O) groups is 1. The van der Waals surface area contributed by atoms with E-state index in [0.717, 1.165) is 0 Å². The molecule has 0 saturated heterocycles. The molecule has 0 unspecified atom stereocenters. The monoisotopic (exact) mass is 298 g/mol. The highest BCUT2D eigenvalue weighted by Gasteiger charge is 2.12. The van der Waals surface area contributed by atoms with Crippen molar-refractivity contribution in [1.29, 1.82) is 0 Å². The van der Waals surface area contributed by atoms with E-state index in [-0.39, 0.29) is 11.5 Å². The molecule has 0 aliphatic heterocycles. The van der Waals surface area contributed by atoms with E-state index in [9.17, 15) is 9.18 Å². The van der Waals surface area contributed by atoms with Gasteiger partial charge in [0.2, 0.25) is 0 Å². The smallest absolute Gasteiger partial charge is 0.353 e. The lowest BCUT2D eigenvalue weighted by atomic mass is 10.1. The topological polar surface area (TPSA) is 66.0 Å². The van der Waals surface area contributed by atoms with Crippen LogP contribution in [0, 0.1) is 12.7 Å². The summed E-state index contributed by atoms with van der Waals surface area (Å²) in [6.07, 6.45) is 0. The number of benzene rings is 1. The summed E-state index contributed by atoms with van der Waals surface area (Å²) in [6.45, 7) is 1.65. The lowest BCUT2D eigenvalue weighted by Crippen LogP contribution is -1.95. The van der Waals surface area contributed by atoms with Crippen molar-refractivity contribution >= 4 is 21.9 Å². The van der Waals surface area contributed by atoms with Crippen molar-refractivity contribution in [2.45, 2.75) is 6.92 Å². The number of carboxylic acids is 1. The van der Waals surface area contributed by atoms with E-state index in [1.165, 1.54) is 12.1 Å². The fraction of sp³-hybridized carbons (Fsp3) is 0.0909. The molecule has 1 aromatic heterocycles. The third-order valence-electron chi connectivity index (χ3n) is 2.38. The SMILES string of the molecule is Cc1c(F)cc(-c2cc(C(=O)O)[nH]n2)cc1Br. The molecule has 0 radical (unpaired) electrons. The standard InChI is InChI=1S/C11H8BrFN2O2/c1-5-7(12)2-6(3-8(5)13)9-4-10(11(16)17)15-14-9/h2-4H,1H3,(H,14,15)(H,16,17). The van der Waals surface area contributed by atoms with Crippen LogP contribution in [-0.2, 0) is 0 Å². The van der Waals surface area contributed by atoms with Crippen molar-refractivity contribution in [1.82, 2.24) is 10.2 Å². The first kappa shape index (κ1) is 11.8. The van der Waals surface area contributed by atoms with Crippen LogP contribution in [0.25, 0.3) is 11.3 Å². The van der Waals surface area contributed by atoms with E-state index < -0.39 is 5.97 Å². The summed E-state index contributed by atoms with van der Waals surface area (Å²) >= 11 is 3.24. The van der Waals surface area contributed by atoms with Crippen LogP contribution < -0.4 is 0 Å². The van der Waals surface area contributed by atoms with Crippen molar-refractivity contribution in [3.63, 3.8) is 0 Å². The molecule has 17 heavy (non-hydrogen) atoms. The lowest BCUT2D eigenvalue weighted by molar-refractivity contribution is 0.0690. The van der Waals surface area contributed by atoms with Gasteiger partial charge in [-0.1, -0.05) is 15.9 Å². The van der Waals surface area contributed by atoms with Crippen molar-refractivity contribution < 1.29 is 14.3 Å². The number of nitrogens with one attached hydrogen (secondary N) is 1. The first-order valence-corrected chi connectivity index (χ1v) is 5.53. The molecular formula is C11H8BrFN2O2. The van der Waals surface area contributed by atoms with Gasteiger partial charge in [-0.3, -0.25) is 5.10 Å². The largest absolute Gasteiger partial charge is 0.477 e. The zero-order valence-corrected chi connectivity index (χ0v) is 10.4. The second-order valence-electron chi connectivity index (χ2n) is 3.54. The maximum absolute atomic E-state index is 13.5. The van der Waals surface area contributed by atoms with Crippen molar-refractivity contribution in [3.8, 4) is 11.3 Å². The van der Waals surface area contributed by atoms with Gasteiger partial charge in [0.15, 0.2) is 0 Å². The molecule has 0 aliphatic carbocycles. The van der Waals surface area contributed by atoms with Crippen LogP contribution in [0.3, 0.4) is 0 Å². The Hall–Kier alpha value is -1.69. The molecule has 0 atom stereocenters.